The van der Waals surface area contributed by atoms with Crippen LogP contribution in [0.1, 0.15) is 15.2 Å². The summed E-state index contributed by atoms with van der Waals surface area (Å²) in [4.78, 5) is 21.9. The second-order valence-electron chi connectivity index (χ2n) is 3.37. The normalized spacial score (nSPS) is 10.1. The van der Waals surface area contributed by atoms with Crippen LogP contribution >= 0.6 is 11.3 Å². The van der Waals surface area contributed by atoms with E-state index in [1.807, 2.05) is 23.4 Å². The number of carbonyl (C=O) groups is 1. The van der Waals surface area contributed by atoms with Crippen LogP contribution in [0.3, 0.4) is 0 Å². The molecule has 5 heteroatoms. The van der Waals surface area contributed by atoms with Gasteiger partial charge in [-0.25, -0.2) is 9.97 Å². The van der Waals surface area contributed by atoms with Crippen LogP contribution in [0.25, 0.3) is 0 Å². The molecule has 0 bridgehead atoms. The summed E-state index contributed by atoms with van der Waals surface area (Å²) in [5.41, 5.74) is 0.494. The first kappa shape index (κ1) is 10.8. The van der Waals surface area contributed by atoms with Gasteiger partial charge < -0.3 is 4.90 Å². The zero-order valence-electron chi connectivity index (χ0n) is 8.83. The van der Waals surface area contributed by atoms with Crippen LogP contribution in [-0.4, -0.2) is 23.3 Å². The van der Waals surface area contributed by atoms with E-state index in [9.17, 15) is 4.79 Å². The lowest BCUT2D eigenvalue weighted by Gasteiger charge is -2.15. The molecule has 0 aliphatic rings. The lowest BCUT2D eigenvalue weighted by Crippen LogP contribution is -2.18. The fourth-order valence-corrected chi connectivity index (χ4v) is 2.05. The first-order valence-electron chi connectivity index (χ1n) is 4.80. The van der Waals surface area contributed by atoms with Crippen molar-refractivity contribution >= 4 is 23.6 Å². The smallest absolute Gasteiger partial charge is 0.225 e. The van der Waals surface area contributed by atoms with E-state index >= 15 is 0 Å². The molecule has 0 radical (unpaired) electrons. The number of nitrogens with zero attached hydrogens (tertiary/aromatic N) is 3. The third-order valence-electron chi connectivity index (χ3n) is 2.11. The zero-order valence-corrected chi connectivity index (χ0v) is 9.65. The first-order valence-corrected chi connectivity index (χ1v) is 5.68. The highest BCUT2D eigenvalue weighted by atomic mass is 32.1. The number of rotatable bonds is 4. The van der Waals surface area contributed by atoms with Crippen molar-refractivity contribution in [2.45, 2.75) is 6.54 Å². The van der Waals surface area contributed by atoms with Gasteiger partial charge in [0.15, 0.2) is 6.29 Å². The van der Waals surface area contributed by atoms with Gasteiger partial charge in [0.25, 0.3) is 0 Å². The molecule has 82 valence electrons. The second-order valence-corrected chi connectivity index (χ2v) is 4.40. The number of aromatic nitrogens is 2. The predicted octanol–water partition coefficient (Wildman–Crippen LogP) is 1.99. The van der Waals surface area contributed by atoms with Gasteiger partial charge in [-0.05, 0) is 11.4 Å². The Hall–Kier alpha value is -1.75. The van der Waals surface area contributed by atoms with Gasteiger partial charge in [-0.1, -0.05) is 6.07 Å². The number of hydrogen-bond donors (Lipinski definition) is 0. The van der Waals surface area contributed by atoms with E-state index in [0.717, 1.165) is 12.8 Å². The van der Waals surface area contributed by atoms with Crippen molar-refractivity contribution in [2.24, 2.45) is 0 Å². The highest BCUT2D eigenvalue weighted by Gasteiger charge is 2.05. The SMILES string of the molecule is CN(Cc1cccs1)c1ncc(C=O)cn1. The summed E-state index contributed by atoms with van der Waals surface area (Å²) in [5.74, 6) is 0.624. The summed E-state index contributed by atoms with van der Waals surface area (Å²) in [6, 6.07) is 4.09. The fraction of sp³-hybridized carbons (Fsp3) is 0.182. The van der Waals surface area contributed by atoms with Crippen LogP contribution in [0, 0.1) is 0 Å². The zero-order chi connectivity index (χ0) is 11.4. The molecule has 0 saturated heterocycles. The molecule has 0 N–H and O–H groups in total. The Morgan fingerprint density at radius 3 is 2.75 bits per heavy atom. The third-order valence-corrected chi connectivity index (χ3v) is 2.97. The molecule has 0 aliphatic heterocycles. The van der Waals surface area contributed by atoms with Crippen LogP contribution in [0.2, 0.25) is 0 Å². The maximum absolute atomic E-state index is 10.5. The van der Waals surface area contributed by atoms with Crippen molar-refractivity contribution in [1.29, 1.82) is 0 Å². The van der Waals surface area contributed by atoms with Crippen LogP contribution in [0.15, 0.2) is 29.9 Å². The van der Waals surface area contributed by atoms with Gasteiger partial charge in [-0.3, -0.25) is 4.79 Å². The van der Waals surface area contributed by atoms with Gasteiger partial charge in [-0.2, -0.15) is 0 Å². The van der Waals surface area contributed by atoms with Crippen LogP contribution in [-0.2, 0) is 6.54 Å². The van der Waals surface area contributed by atoms with Crippen LogP contribution in [0.5, 0.6) is 0 Å². The van der Waals surface area contributed by atoms with Crippen molar-refractivity contribution in [3.8, 4) is 0 Å². The maximum atomic E-state index is 10.5. The van der Waals surface area contributed by atoms with E-state index < -0.39 is 0 Å². The molecule has 2 aromatic heterocycles. The number of thiophene rings is 1. The van der Waals surface area contributed by atoms with E-state index in [2.05, 4.69) is 16.0 Å². The van der Waals surface area contributed by atoms with E-state index in [0.29, 0.717) is 11.5 Å². The fourth-order valence-electron chi connectivity index (χ4n) is 1.30. The molecule has 16 heavy (non-hydrogen) atoms. The first-order chi connectivity index (χ1) is 7.79. The molecule has 0 spiro atoms. The molecule has 0 aromatic carbocycles. The van der Waals surface area contributed by atoms with E-state index in [4.69, 9.17) is 0 Å². The molecule has 0 fully saturated rings. The van der Waals surface area contributed by atoms with Gasteiger partial charge in [0.1, 0.15) is 0 Å². The summed E-state index contributed by atoms with van der Waals surface area (Å²) < 4.78 is 0. The average molecular weight is 233 g/mol. The molecule has 0 atom stereocenters. The highest BCUT2D eigenvalue weighted by molar-refractivity contribution is 7.09. The van der Waals surface area contributed by atoms with Gasteiger partial charge in [0, 0.05) is 24.3 Å². The predicted molar refractivity (Wildman–Crippen MR) is 63.8 cm³/mol. The van der Waals surface area contributed by atoms with Crippen molar-refractivity contribution in [3.05, 3.63) is 40.3 Å². The minimum Gasteiger partial charge on any atom is -0.339 e. The Kier molecular flexibility index (Phi) is 3.26. The molecule has 2 aromatic rings. The molecule has 2 heterocycles. The standard InChI is InChI=1S/C11H11N3OS/c1-14(7-10-3-2-4-16-10)11-12-5-9(8-15)6-13-11/h2-6,8H,7H2,1H3. The Morgan fingerprint density at radius 2 is 2.19 bits per heavy atom. The number of hydrogen-bond acceptors (Lipinski definition) is 5. The molecule has 0 amide bonds. The third kappa shape index (κ3) is 2.43. The maximum Gasteiger partial charge on any atom is 0.225 e. The lowest BCUT2D eigenvalue weighted by molar-refractivity contribution is 0.112. The van der Waals surface area contributed by atoms with Gasteiger partial charge >= 0.3 is 0 Å². The quantitative estimate of drug-likeness (QED) is 0.758. The lowest BCUT2D eigenvalue weighted by atomic mass is 10.4. The summed E-state index contributed by atoms with van der Waals surface area (Å²) in [7, 11) is 1.93. The van der Waals surface area contributed by atoms with Gasteiger partial charge in [-0.15, -0.1) is 11.3 Å². The molecule has 0 aliphatic carbocycles. The highest BCUT2D eigenvalue weighted by Crippen LogP contribution is 2.14. The Balaban J connectivity index is 2.08. The molecule has 0 saturated carbocycles. The Bertz CT molecular complexity index is 453. The number of carbonyl (C=O) groups excluding carboxylic acids is 1. The summed E-state index contributed by atoms with van der Waals surface area (Å²) in [6.07, 6.45) is 3.80. The van der Waals surface area contributed by atoms with Crippen LogP contribution in [0.4, 0.5) is 5.95 Å². The average Bonchev–Trinajstić information content (AvgIpc) is 2.82. The summed E-state index contributed by atoms with van der Waals surface area (Å²) >= 11 is 1.70. The molecule has 2 rings (SSSR count). The molecular weight excluding hydrogens is 222 g/mol. The summed E-state index contributed by atoms with van der Waals surface area (Å²) in [5, 5.41) is 2.04. The van der Waals surface area contributed by atoms with Crippen LogP contribution < -0.4 is 4.90 Å². The molecule has 4 nitrogen and oxygen atoms in total. The minimum atomic E-state index is 0.494. The number of anilines is 1. The Labute approximate surface area is 97.6 Å². The largest absolute Gasteiger partial charge is 0.339 e. The van der Waals surface area contributed by atoms with Crippen molar-refractivity contribution < 1.29 is 4.79 Å². The van der Waals surface area contributed by atoms with Crippen molar-refractivity contribution in [1.82, 2.24) is 9.97 Å². The second kappa shape index (κ2) is 4.85. The Morgan fingerprint density at radius 1 is 1.44 bits per heavy atom. The van der Waals surface area contributed by atoms with Gasteiger partial charge in [0.2, 0.25) is 5.95 Å². The molecular formula is C11H11N3OS. The van der Waals surface area contributed by atoms with E-state index in [-0.39, 0.29) is 0 Å². The van der Waals surface area contributed by atoms with E-state index in [1.54, 1.807) is 11.3 Å². The number of aldehydes is 1. The monoisotopic (exact) mass is 233 g/mol. The summed E-state index contributed by atoms with van der Waals surface area (Å²) in [6.45, 7) is 0.776. The van der Waals surface area contributed by atoms with Gasteiger partial charge in [0.05, 0.1) is 12.1 Å². The molecule has 0 unspecified atom stereocenters. The van der Waals surface area contributed by atoms with E-state index in [1.165, 1.54) is 17.3 Å². The minimum absolute atomic E-state index is 0.494. The topological polar surface area (TPSA) is 46.1 Å². The van der Waals surface area contributed by atoms with Crippen molar-refractivity contribution in [2.75, 3.05) is 11.9 Å². The van der Waals surface area contributed by atoms with Crippen molar-refractivity contribution in [3.63, 3.8) is 0 Å².